The summed E-state index contributed by atoms with van der Waals surface area (Å²) in [6.45, 7) is -0.334. The van der Waals surface area contributed by atoms with Gasteiger partial charge in [-0.15, -0.1) is 0 Å². The first kappa shape index (κ1) is 13.8. The van der Waals surface area contributed by atoms with Gasteiger partial charge in [-0.25, -0.2) is 4.98 Å². The molecule has 6 nitrogen and oxygen atoms in total. The molecular weight excluding hydrogens is 265 g/mol. The summed E-state index contributed by atoms with van der Waals surface area (Å²) < 4.78 is 40.3. The molecule has 1 unspecified atom stereocenters. The summed E-state index contributed by atoms with van der Waals surface area (Å²) in [5.41, 5.74) is -2.68. The molecule has 9 heteroatoms. The van der Waals surface area contributed by atoms with Crippen LogP contribution in [0.2, 0.25) is 0 Å². The van der Waals surface area contributed by atoms with Crippen molar-refractivity contribution in [3.05, 3.63) is 12.2 Å². The minimum Gasteiger partial charge on any atom is -0.481 e. The van der Waals surface area contributed by atoms with Crippen molar-refractivity contribution >= 4 is 5.97 Å². The Hall–Kier alpha value is -1.64. The van der Waals surface area contributed by atoms with Gasteiger partial charge in [0.05, 0.1) is 6.54 Å². The first-order valence-corrected chi connectivity index (χ1v) is 5.61. The molecule has 0 aromatic carbocycles. The molecule has 106 valence electrons. The molecule has 1 aliphatic rings. The minimum atomic E-state index is -4.76. The number of hydrogen-bond acceptors (Lipinski definition) is 4. The summed E-state index contributed by atoms with van der Waals surface area (Å²) in [4.78, 5) is 16.4. The first-order valence-electron chi connectivity index (χ1n) is 5.61. The lowest BCUT2D eigenvalue weighted by Crippen LogP contribution is -2.47. The third-order valence-corrected chi connectivity index (χ3v) is 3.47. The second-order valence-corrected chi connectivity index (χ2v) is 4.65. The van der Waals surface area contributed by atoms with E-state index in [0.29, 0.717) is 5.82 Å². The lowest BCUT2D eigenvalue weighted by atomic mass is 9.86. The van der Waals surface area contributed by atoms with Crippen molar-refractivity contribution in [2.75, 3.05) is 13.1 Å². The molecule has 0 bridgehead atoms. The highest BCUT2D eigenvalue weighted by Gasteiger charge is 2.63. The monoisotopic (exact) mass is 278 g/mol. The van der Waals surface area contributed by atoms with Crippen molar-refractivity contribution in [3.63, 3.8) is 0 Å². The third-order valence-electron chi connectivity index (χ3n) is 3.47. The van der Waals surface area contributed by atoms with Crippen molar-refractivity contribution in [1.29, 1.82) is 0 Å². The Morgan fingerprint density at radius 1 is 1.58 bits per heavy atom. The number of aliphatic carboxylic acids is 1. The molecule has 1 aromatic heterocycles. The quantitative estimate of drug-likeness (QED) is 0.879. The molecule has 0 amide bonds. The van der Waals surface area contributed by atoms with E-state index in [1.54, 1.807) is 7.05 Å². The van der Waals surface area contributed by atoms with Gasteiger partial charge in [0.1, 0.15) is 12.2 Å². The van der Waals surface area contributed by atoms with Gasteiger partial charge in [-0.3, -0.25) is 14.4 Å². The smallest absolute Gasteiger partial charge is 0.406 e. The van der Waals surface area contributed by atoms with E-state index in [-0.39, 0.29) is 13.1 Å². The molecule has 1 aromatic rings. The third kappa shape index (κ3) is 2.29. The van der Waals surface area contributed by atoms with Gasteiger partial charge < -0.3 is 5.11 Å². The Balaban J connectivity index is 2.14. The zero-order valence-electron chi connectivity index (χ0n) is 10.2. The van der Waals surface area contributed by atoms with Crippen LogP contribution >= 0.6 is 0 Å². The van der Waals surface area contributed by atoms with Crippen molar-refractivity contribution in [1.82, 2.24) is 19.7 Å². The van der Waals surface area contributed by atoms with Crippen molar-refractivity contribution in [2.24, 2.45) is 12.5 Å². The van der Waals surface area contributed by atoms with Gasteiger partial charge in [-0.05, 0) is 6.42 Å². The van der Waals surface area contributed by atoms with Crippen LogP contribution in [0.1, 0.15) is 12.2 Å². The summed E-state index contributed by atoms with van der Waals surface area (Å²) in [7, 11) is 1.63. The fourth-order valence-corrected chi connectivity index (χ4v) is 2.21. The number of alkyl halides is 3. The average Bonchev–Trinajstić information content (AvgIpc) is 2.87. The number of rotatable bonds is 3. The Labute approximate surface area is 106 Å². The number of carboxylic acids is 1. The highest BCUT2D eigenvalue weighted by atomic mass is 19.4. The number of nitrogens with zero attached hydrogens (tertiary/aromatic N) is 4. The summed E-state index contributed by atoms with van der Waals surface area (Å²) in [6, 6.07) is 0. The number of likely N-dealkylation sites (tertiary alicyclic amines) is 1. The van der Waals surface area contributed by atoms with E-state index in [9.17, 15) is 18.0 Å². The maximum Gasteiger partial charge on any atom is 0.406 e. The van der Waals surface area contributed by atoms with Crippen LogP contribution in [0.25, 0.3) is 0 Å². The van der Waals surface area contributed by atoms with Crippen LogP contribution in [0.5, 0.6) is 0 Å². The normalized spacial score (nSPS) is 24.8. The van der Waals surface area contributed by atoms with Crippen LogP contribution in [0, 0.1) is 5.41 Å². The van der Waals surface area contributed by atoms with Gasteiger partial charge in [0.25, 0.3) is 0 Å². The molecule has 0 saturated carbocycles. The Bertz CT molecular complexity index is 487. The summed E-state index contributed by atoms with van der Waals surface area (Å²) >= 11 is 0. The van der Waals surface area contributed by atoms with Gasteiger partial charge in [-0.2, -0.15) is 18.3 Å². The first-order chi connectivity index (χ1) is 8.76. The maximum absolute atomic E-state index is 13.0. The van der Waals surface area contributed by atoms with Crippen LogP contribution in [-0.2, 0) is 18.4 Å². The number of carbonyl (C=O) groups is 1. The molecule has 2 heterocycles. The largest absolute Gasteiger partial charge is 0.481 e. The lowest BCUT2D eigenvalue weighted by Gasteiger charge is -2.27. The number of halogens is 3. The van der Waals surface area contributed by atoms with E-state index in [1.807, 2.05) is 0 Å². The summed E-state index contributed by atoms with van der Waals surface area (Å²) in [6.07, 6.45) is -3.89. The molecule has 1 atom stereocenters. The number of aryl methyl sites for hydroxylation is 1. The van der Waals surface area contributed by atoms with Gasteiger partial charge in [0, 0.05) is 20.1 Å². The van der Waals surface area contributed by atoms with Gasteiger partial charge in [0.2, 0.25) is 0 Å². The number of carboxylic acid groups (broad SMARTS) is 1. The predicted octanol–water partition coefficient (Wildman–Crippen LogP) is 0.654. The van der Waals surface area contributed by atoms with Crippen LogP contribution in [-0.4, -0.2) is 50.0 Å². The molecule has 0 aliphatic carbocycles. The van der Waals surface area contributed by atoms with Gasteiger partial charge in [0.15, 0.2) is 5.41 Å². The van der Waals surface area contributed by atoms with Crippen molar-refractivity contribution in [2.45, 2.75) is 19.1 Å². The number of aromatic nitrogens is 3. The number of hydrogen-bond donors (Lipinski definition) is 1. The maximum atomic E-state index is 13.0. The topological polar surface area (TPSA) is 71.2 Å². The standard InChI is InChI=1S/C10H13F3N4O2/c1-16-7(14-6-15-16)4-17-3-2-9(5-17,8(18)19)10(11,12)13/h6H,2-5H2,1H3,(H,18,19). The van der Waals surface area contributed by atoms with Crippen LogP contribution in [0.3, 0.4) is 0 Å². The lowest BCUT2D eigenvalue weighted by molar-refractivity contribution is -0.227. The summed E-state index contributed by atoms with van der Waals surface area (Å²) in [5, 5.41) is 12.7. The van der Waals surface area contributed by atoms with E-state index >= 15 is 0 Å². The van der Waals surface area contributed by atoms with Crippen LogP contribution in [0.15, 0.2) is 6.33 Å². The molecule has 1 saturated heterocycles. The van der Waals surface area contributed by atoms with Crippen molar-refractivity contribution < 1.29 is 23.1 Å². The Morgan fingerprint density at radius 3 is 2.68 bits per heavy atom. The van der Waals surface area contributed by atoms with E-state index in [2.05, 4.69) is 10.1 Å². The van der Waals surface area contributed by atoms with Crippen LogP contribution < -0.4 is 0 Å². The van der Waals surface area contributed by atoms with Gasteiger partial charge >= 0.3 is 12.1 Å². The molecule has 19 heavy (non-hydrogen) atoms. The summed E-state index contributed by atoms with van der Waals surface area (Å²) in [5.74, 6) is -1.32. The molecule has 0 radical (unpaired) electrons. The van der Waals surface area contributed by atoms with E-state index in [0.717, 1.165) is 0 Å². The second-order valence-electron chi connectivity index (χ2n) is 4.65. The van der Waals surface area contributed by atoms with Crippen LogP contribution in [0.4, 0.5) is 13.2 Å². The highest BCUT2D eigenvalue weighted by molar-refractivity contribution is 5.76. The fraction of sp³-hybridized carbons (Fsp3) is 0.700. The molecule has 1 aliphatic heterocycles. The molecule has 0 spiro atoms. The Kier molecular flexibility index (Phi) is 3.25. The van der Waals surface area contributed by atoms with E-state index in [4.69, 9.17) is 5.11 Å². The molecular formula is C10H13F3N4O2. The molecule has 1 fully saturated rings. The SMILES string of the molecule is Cn1ncnc1CN1CCC(C(=O)O)(C(F)(F)F)C1. The zero-order valence-corrected chi connectivity index (χ0v) is 10.2. The van der Waals surface area contributed by atoms with Crippen molar-refractivity contribution in [3.8, 4) is 0 Å². The van der Waals surface area contributed by atoms with E-state index in [1.165, 1.54) is 15.9 Å². The fourth-order valence-electron chi connectivity index (χ4n) is 2.21. The Morgan fingerprint density at radius 2 is 2.26 bits per heavy atom. The minimum absolute atomic E-state index is 0.0681. The predicted molar refractivity (Wildman–Crippen MR) is 57.0 cm³/mol. The second kappa shape index (κ2) is 4.48. The van der Waals surface area contributed by atoms with E-state index < -0.39 is 30.5 Å². The highest BCUT2D eigenvalue weighted by Crippen LogP contribution is 2.45. The molecule has 2 rings (SSSR count). The zero-order chi connectivity index (χ0) is 14.3. The molecule has 1 N–H and O–H groups in total. The van der Waals surface area contributed by atoms with Gasteiger partial charge in [-0.1, -0.05) is 0 Å². The average molecular weight is 278 g/mol.